The zero-order valence-corrected chi connectivity index (χ0v) is 28.8. The van der Waals surface area contributed by atoms with Gasteiger partial charge < -0.3 is 24.3 Å². The van der Waals surface area contributed by atoms with Crippen LogP contribution in [0.1, 0.15) is 72.7 Å². The van der Waals surface area contributed by atoms with Gasteiger partial charge in [-0.2, -0.15) is 24.9 Å². The minimum atomic E-state index is -4.62. The van der Waals surface area contributed by atoms with Crippen molar-refractivity contribution in [2.45, 2.75) is 83.6 Å². The number of ether oxygens (including phenoxy) is 2. The van der Waals surface area contributed by atoms with E-state index in [1.54, 1.807) is 37.6 Å². The van der Waals surface area contributed by atoms with Crippen LogP contribution in [0.2, 0.25) is 0 Å². The normalized spacial score (nSPS) is 13.9. The van der Waals surface area contributed by atoms with Crippen molar-refractivity contribution < 1.29 is 32.2 Å². The highest BCUT2D eigenvalue weighted by atomic mass is 32.2. The summed E-state index contributed by atoms with van der Waals surface area (Å²) in [7, 11) is 1.62. The Labute approximate surface area is 284 Å². The summed E-state index contributed by atoms with van der Waals surface area (Å²) in [5, 5.41) is 10.9. The van der Waals surface area contributed by atoms with Gasteiger partial charge >= 0.3 is 12.1 Å². The minimum absolute atomic E-state index is 0.00435. The van der Waals surface area contributed by atoms with Crippen LogP contribution < -0.4 is 15.0 Å². The number of nitrogens with zero attached hydrogens (tertiary/aromatic N) is 6. The summed E-state index contributed by atoms with van der Waals surface area (Å²) in [5.41, 5.74) is 1.12. The molecule has 0 spiro atoms. The summed E-state index contributed by atoms with van der Waals surface area (Å²) in [6, 6.07) is 9.23. The number of fused-ring (bicyclic) bond motifs is 2. The van der Waals surface area contributed by atoms with E-state index in [0.717, 1.165) is 44.7 Å². The van der Waals surface area contributed by atoms with Crippen molar-refractivity contribution >= 4 is 51.0 Å². The number of amides is 1. The quantitative estimate of drug-likeness (QED) is 0.123. The van der Waals surface area contributed by atoms with Crippen molar-refractivity contribution in [1.82, 2.24) is 30.0 Å². The highest BCUT2D eigenvalue weighted by Gasteiger charge is 2.40. The second-order valence-corrected chi connectivity index (χ2v) is 13.9. The average molecular weight is 706 g/mol. The third-order valence-electron chi connectivity index (χ3n) is 7.58. The van der Waals surface area contributed by atoms with Crippen molar-refractivity contribution in [2.75, 3.05) is 24.3 Å². The predicted octanol–water partition coefficient (Wildman–Crippen LogP) is 6.05. The average Bonchev–Trinajstić information content (AvgIpc) is 3.66. The summed E-state index contributed by atoms with van der Waals surface area (Å²) in [6.45, 7) is 5.83. The first-order chi connectivity index (χ1) is 22.9. The molecule has 16 heteroatoms. The van der Waals surface area contributed by atoms with E-state index in [4.69, 9.17) is 9.47 Å². The van der Waals surface area contributed by atoms with Crippen LogP contribution in [0.25, 0.3) is 10.2 Å². The molecule has 1 aliphatic heterocycles. The molecule has 4 heterocycles. The summed E-state index contributed by atoms with van der Waals surface area (Å²) in [6.07, 6.45) is -2.73. The van der Waals surface area contributed by atoms with Gasteiger partial charge in [-0.05, 0) is 56.2 Å². The Morgan fingerprint density at radius 3 is 2.58 bits per heavy atom. The van der Waals surface area contributed by atoms with Crippen LogP contribution in [0.5, 0.6) is 5.75 Å². The molecule has 1 unspecified atom stereocenters. The van der Waals surface area contributed by atoms with Gasteiger partial charge in [-0.25, -0.2) is 9.97 Å². The van der Waals surface area contributed by atoms with Gasteiger partial charge in [0.25, 0.3) is 5.91 Å². The number of methoxy groups -OCH3 is 1. The molecule has 1 N–H and O–H groups in total. The minimum Gasteiger partial charge on any atom is -0.497 e. The first kappa shape index (κ1) is 35.4. The molecule has 3 aromatic heterocycles. The highest BCUT2D eigenvalue weighted by Crippen LogP contribution is 2.35. The third kappa shape index (κ3) is 8.75. The summed E-state index contributed by atoms with van der Waals surface area (Å²) in [4.78, 5) is 39.1. The van der Waals surface area contributed by atoms with Crippen molar-refractivity contribution in [3.05, 3.63) is 58.2 Å². The molecule has 1 atom stereocenters. The number of thioether (sulfide) groups is 1. The number of esters is 1. The van der Waals surface area contributed by atoms with E-state index in [9.17, 15) is 22.8 Å². The van der Waals surface area contributed by atoms with Gasteiger partial charge in [0.05, 0.1) is 31.6 Å². The maximum atomic E-state index is 13.7. The lowest BCUT2D eigenvalue weighted by Gasteiger charge is -2.29. The standard InChI is InChI=1S/C32H38F3N7O4S2/c1-5-6-23-16-24-28(41-12-13-42-25(17-41)39-40-31(42)32(33,34)35)37-27(38-30(24)48-23)29(44)36-21(15-26(43)46-19(2)3)11-14-47-18-20-7-9-22(45-4)10-8-20/h7-10,16,19,21H,5-6,11-15,17-18H2,1-4H3,(H,36,44). The van der Waals surface area contributed by atoms with E-state index in [1.165, 1.54) is 11.3 Å². The van der Waals surface area contributed by atoms with Gasteiger partial charge in [0.2, 0.25) is 11.6 Å². The van der Waals surface area contributed by atoms with Crippen LogP contribution in [0, 0.1) is 0 Å². The number of aryl methyl sites for hydroxylation is 1. The van der Waals surface area contributed by atoms with Crippen molar-refractivity contribution in [2.24, 2.45) is 0 Å². The van der Waals surface area contributed by atoms with E-state index in [0.29, 0.717) is 22.8 Å². The zero-order valence-electron chi connectivity index (χ0n) is 27.2. The number of halogens is 3. The monoisotopic (exact) mass is 705 g/mol. The number of carbonyl (C=O) groups is 2. The van der Waals surface area contributed by atoms with Crippen LogP contribution in [0.4, 0.5) is 19.0 Å². The Kier molecular flexibility index (Phi) is 11.5. The Hall–Kier alpha value is -3.92. The molecule has 4 aromatic rings. The van der Waals surface area contributed by atoms with Crippen LogP contribution in [0.3, 0.4) is 0 Å². The van der Waals surface area contributed by atoms with Crippen LogP contribution in [-0.4, -0.2) is 68.2 Å². The van der Waals surface area contributed by atoms with E-state index in [-0.39, 0.29) is 43.8 Å². The number of nitrogens with one attached hydrogen (secondary N) is 1. The highest BCUT2D eigenvalue weighted by molar-refractivity contribution is 7.98. The van der Waals surface area contributed by atoms with Crippen molar-refractivity contribution in [1.29, 1.82) is 0 Å². The lowest BCUT2D eigenvalue weighted by molar-refractivity contribution is -0.148. The molecule has 1 aliphatic rings. The summed E-state index contributed by atoms with van der Waals surface area (Å²) in [5.74, 6) is 0.698. The Morgan fingerprint density at radius 2 is 1.90 bits per heavy atom. The number of anilines is 1. The number of carbonyl (C=O) groups excluding carboxylic acids is 2. The first-order valence-electron chi connectivity index (χ1n) is 15.7. The maximum absolute atomic E-state index is 13.7. The number of hydrogen-bond donors (Lipinski definition) is 1. The molecule has 0 bridgehead atoms. The fraction of sp³-hybridized carbons (Fsp3) is 0.500. The molecule has 0 saturated heterocycles. The Bertz CT molecular complexity index is 1730. The third-order valence-corrected chi connectivity index (χ3v) is 9.73. The molecule has 1 amide bonds. The van der Waals surface area contributed by atoms with Crippen LogP contribution >= 0.6 is 23.1 Å². The molecule has 258 valence electrons. The molecule has 48 heavy (non-hydrogen) atoms. The number of rotatable bonds is 14. The van der Waals surface area contributed by atoms with E-state index in [1.807, 2.05) is 30.3 Å². The zero-order chi connectivity index (χ0) is 34.4. The number of aromatic nitrogens is 5. The fourth-order valence-electron chi connectivity index (χ4n) is 5.34. The molecule has 0 aliphatic carbocycles. The molecule has 0 saturated carbocycles. The van der Waals surface area contributed by atoms with E-state index in [2.05, 4.69) is 32.4 Å². The molecular weight excluding hydrogens is 668 g/mol. The first-order valence-corrected chi connectivity index (χ1v) is 17.7. The van der Waals surface area contributed by atoms with E-state index < -0.39 is 29.9 Å². The topological polar surface area (TPSA) is 124 Å². The van der Waals surface area contributed by atoms with Gasteiger partial charge in [0, 0.05) is 29.8 Å². The molecule has 5 rings (SSSR count). The maximum Gasteiger partial charge on any atom is 0.451 e. The number of benzene rings is 1. The number of thiophene rings is 1. The SMILES string of the molecule is CCCc1cc2c(N3CCn4c(nnc4C(F)(F)F)C3)nc(C(=O)NC(CCSCc3ccc(OC)cc3)CC(=O)OC(C)C)nc2s1. The second kappa shape index (κ2) is 15.5. The number of hydrogen-bond acceptors (Lipinski definition) is 11. The lowest BCUT2D eigenvalue weighted by atomic mass is 10.1. The summed E-state index contributed by atoms with van der Waals surface area (Å²) >= 11 is 3.13. The molecular formula is C32H38F3N7O4S2. The smallest absolute Gasteiger partial charge is 0.451 e. The Balaban J connectivity index is 1.35. The predicted molar refractivity (Wildman–Crippen MR) is 178 cm³/mol. The lowest BCUT2D eigenvalue weighted by Crippen LogP contribution is -2.39. The summed E-state index contributed by atoms with van der Waals surface area (Å²) < 4.78 is 52.1. The number of alkyl halides is 3. The van der Waals surface area contributed by atoms with Crippen LogP contribution in [-0.2, 0) is 41.0 Å². The van der Waals surface area contributed by atoms with Crippen LogP contribution in [0.15, 0.2) is 30.3 Å². The van der Waals surface area contributed by atoms with Crippen molar-refractivity contribution in [3.8, 4) is 5.75 Å². The molecule has 0 radical (unpaired) electrons. The van der Waals surface area contributed by atoms with E-state index >= 15 is 0 Å². The fourth-order valence-corrected chi connectivity index (χ4v) is 7.49. The Morgan fingerprint density at radius 1 is 1.12 bits per heavy atom. The van der Waals surface area contributed by atoms with Gasteiger partial charge in [0.15, 0.2) is 5.82 Å². The largest absolute Gasteiger partial charge is 0.497 e. The molecule has 1 aromatic carbocycles. The van der Waals surface area contributed by atoms with Gasteiger partial charge in [-0.3, -0.25) is 9.59 Å². The van der Waals surface area contributed by atoms with Crippen molar-refractivity contribution in [3.63, 3.8) is 0 Å². The molecule has 0 fully saturated rings. The molecule has 11 nitrogen and oxygen atoms in total. The second-order valence-electron chi connectivity index (χ2n) is 11.7. The van der Waals surface area contributed by atoms with Gasteiger partial charge in [-0.15, -0.1) is 21.5 Å². The van der Waals surface area contributed by atoms with Gasteiger partial charge in [0.1, 0.15) is 16.4 Å². The van der Waals surface area contributed by atoms with Gasteiger partial charge in [-0.1, -0.05) is 25.5 Å².